The van der Waals surface area contributed by atoms with Gasteiger partial charge in [-0.1, -0.05) is 6.08 Å². The minimum atomic E-state index is -0.119. The van der Waals surface area contributed by atoms with E-state index in [1.165, 1.54) is 0 Å². The molecule has 1 N–H and O–H groups in total. The van der Waals surface area contributed by atoms with Crippen molar-refractivity contribution in [3.8, 4) is 0 Å². The standard InChI is InChI=1S/C9H9N3O/c1-5-8-9(13)11-7-4-2-3-6(10-5)12(7)8/h2-5,8H,1H3,(H,11,13). The molecule has 0 aromatic carbocycles. The van der Waals surface area contributed by atoms with Crippen LogP contribution in [0, 0.1) is 0 Å². The molecule has 0 aromatic heterocycles. The van der Waals surface area contributed by atoms with Crippen LogP contribution >= 0.6 is 0 Å². The van der Waals surface area contributed by atoms with Gasteiger partial charge in [-0.05, 0) is 19.1 Å². The summed E-state index contributed by atoms with van der Waals surface area (Å²) in [5.41, 5.74) is 0. The molecule has 66 valence electrons. The molecule has 4 heteroatoms. The lowest BCUT2D eigenvalue weighted by molar-refractivity contribution is -0.121. The third-order valence-corrected chi connectivity index (χ3v) is 2.60. The first-order chi connectivity index (χ1) is 6.27. The van der Waals surface area contributed by atoms with Gasteiger partial charge in [0.05, 0.1) is 6.04 Å². The van der Waals surface area contributed by atoms with Gasteiger partial charge in [0.2, 0.25) is 0 Å². The predicted molar refractivity (Wildman–Crippen MR) is 47.9 cm³/mol. The van der Waals surface area contributed by atoms with Crippen LogP contribution in [0.4, 0.5) is 0 Å². The van der Waals surface area contributed by atoms with E-state index in [2.05, 4.69) is 10.3 Å². The number of nitrogens with zero attached hydrogens (tertiary/aromatic N) is 2. The molecule has 1 fully saturated rings. The van der Waals surface area contributed by atoms with Crippen LogP contribution in [0.25, 0.3) is 0 Å². The van der Waals surface area contributed by atoms with Crippen molar-refractivity contribution < 1.29 is 4.79 Å². The molecule has 3 aliphatic rings. The van der Waals surface area contributed by atoms with Crippen LogP contribution in [0.3, 0.4) is 0 Å². The molecule has 0 radical (unpaired) electrons. The van der Waals surface area contributed by atoms with Crippen molar-refractivity contribution >= 4 is 11.7 Å². The number of rotatable bonds is 0. The van der Waals surface area contributed by atoms with Crippen LogP contribution in [0.15, 0.2) is 29.0 Å². The number of allylic oxidation sites excluding steroid dienone is 2. The van der Waals surface area contributed by atoms with Crippen LogP contribution in [0.5, 0.6) is 0 Å². The number of aliphatic imine (C=N–C) groups is 1. The summed E-state index contributed by atoms with van der Waals surface area (Å²) in [4.78, 5) is 17.9. The van der Waals surface area contributed by atoms with Crippen molar-refractivity contribution in [2.75, 3.05) is 0 Å². The summed E-state index contributed by atoms with van der Waals surface area (Å²) in [7, 11) is 0. The monoisotopic (exact) mass is 175 g/mol. The second kappa shape index (κ2) is 2.02. The zero-order valence-corrected chi connectivity index (χ0v) is 7.19. The number of hydrogen-bond donors (Lipinski definition) is 1. The molecule has 4 nitrogen and oxygen atoms in total. The first kappa shape index (κ1) is 6.88. The van der Waals surface area contributed by atoms with Crippen molar-refractivity contribution in [2.24, 2.45) is 4.99 Å². The Kier molecular flexibility index (Phi) is 1.07. The maximum absolute atomic E-state index is 11.5. The Bertz CT molecular complexity index is 380. The lowest BCUT2D eigenvalue weighted by Crippen LogP contribution is -2.36. The van der Waals surface area contributed by atoms with Crippen LogP contribution in [-0.2, 0) is 4.79 Å². The number of carbonyl (C=O) groups excluding carboxylic acids is 1. The van der Waals surface area contributed by atoms with Gasteiger partial charge >= 0.3 is 0 Å². The smallest absolute Gasteiger partial charge is 0.250 e. The van der Waals surface area contributed by atoms with E-state index in [-0.39, 0.29) is 18.0 Å². The van der Waals surface area contributed by atoms with E-state index in [9.17, 15) is 4.79 Å². The van der Waals surface area contributed by atoms with E-state index >= 15 is 0 Å². The zero-order chi connectivity index (χ0) is 9.00. The van der Waals surface area contributed by atoms with Crippen molar-refractivity contribution in [1.29, 1.82) is 0 Å². The number of amidine groups is 1. The van der Waals surface area contributed by atoms with E-state index in [1.807, 2.05) is 30.1 Å². The normalized spacial score (nSPS) is 34.2. The summed E-state index contributed by atoms with van der Waals surface area (Å²) in [5, 5.41) is 2.83. The van der Waals surface area contributed by atoms with Crippen LogP contribution < -0.4 is 5.32 Å². The molecule has 3 rings (SSSR count). The third-order valence-electron chi connectivity index (χ3n) is 2.60. The molecule has 3 heterocycles. The third kappa shape index (κ3) is 0.703. The molecule has 3 aliphatic heterocycles. The van der Waals surface area contributed by atoms with Crippen LogP contribution in [0.1, 0.15) is 6.92 Å². The van der Waals surface area contributed by atoms with Crippen molar-refractivity contribution in [2.45, 2.75) is 19.0 Å². The van der Waals surface area contributed by atoms with E-state index < -0.39 is 0 Å². The topological polar surface area (TPSA) is 44.7 Å². The van der Waals surface area contributed by atoms with Gasteiger partial charge < -0.3 is 5.32 Å². The highest BCUT2D eigenvalue weighted by Crippen LogP contribution is 2.29. The Morgan fingerprint density at radius 2 is 2.46 bits per heavy atom. The average Bonchev–Trinajstić information content (AvgIpc) is 2.57. The molecule has 0 spiro atoms. The quantitative estimate of drug-likeness (QED) is 0.563. The van der Waals surface area contributed by atoms with Gasteiger partial charge in [0.15, 0.2) is 0 Å². The van der Waals surface area contributed by atoms with E-state index in [0.717, 1.165) is 11.7 Å². The first-order valence-corrected chi connectivity index (χ1v) is 4.33. The number of nitrogens with one attached hydrogen (secondary N) is 1. The Morgan fingerprint density at radius 1 is 1.62 bits per heavy atom. The Hall–Kier alpha value is -1.58. The Morgan fingerprint density at radius 3 is 3.31 bits per heavy atom. The summed E-state index contributed by atoms with van der Waals surface area (Å²) in [6.45, 7) is 1.96. The number of hydrogen-bond acceptors (Lipinski definition) is 3. The van der Waals surface area contributed by atoms with Gasteiger partial charge in [0.1, 0.15) is 17.7 Å². The lowest BCUT2D eigenvalue weighted by atomic mass is 10.1. The Balaban J connectivity index is 2.16. The van der Waals surface area contributed by atoms with Crippen LogP contribution in [-0.4, -0.2) is 28.7 Å². The first-order valence-electron chi connectivity index (χ1n) is 4.33. The molecule has 13 heavy (non-hydrogen) atoms. The summed E-state index contributed by atoms with van der Waals surface area (Å²) >= 11 is 0. The second-order valence-electron chi connectivity index (χ2n) is 3.44. The molecule has 2 unspecified atom stereocenters. The highest BCUT2D eigenvalue weighted by molar-refractivity contribution is 6.05. The molecule has 1 saturated heterocycles. The minimum Gasteiger partial charge on any atom is -0.310 e. The molecule has 1 amide bonds. The fourth-order valence-electron chi connectivity index (χ4n) is 2.04. The average molecular weight is 175 g/mol. The van der Waals surface area contributed by atoms with Crippen molar-refractivity contribution in [3.63, 3.8) is 0 Å². The minimum absolute atomic E-state index is 0.0567. The summed E-state index contributed by atoms with van der Waals surface area (Å²) < 4.78 is 0. The van der Waals surface area contributed by atoms with Crippen molar-refractivity contribution in [3.05, 3.63) is 24.0 Å². The van der Waals surface area contributed by atoms with Gasteiger partial charge in [0, 0.05) is 0 Å². The van der Waals surface area contributed by atoms with Gasteiger partial charge in [-0.3, -0.25) is 14.7 Å². The van der Waals surface area contributed by atoms with Gasteiger partial charge in [-0.25, -0.2) is 0 Å². The molecule has 0 bridgehead atoms. The summed E-state index contributed by atoms with van der Waals surface area (Å²) in [6.07, 6.45) is 5.74. The van der Waals surface area contributed by atoms with Gasteiger partial charge in [-0.2, -0.15) is 0 Å². The van der Waals surface area contributed by atoms with Gasteiger partial charge in [-0.15, -0.1) is 0 Å². The van der Waals surface area contributed by atoms with Crippen molar-refractivity contribution in [1.82, 2.24) is 10.2 Å². The van der Waals surface area contributed by atoms with E-state index in [4.69, 9.17) is 0 Å². The zero-order valence-electron chi connectivity index (χ0n) is 7.19. The van der Waals surface area contributed by atoms with E-state index in [0.29, 0.717) is 0 Å². The summed E-state index contributed by atoms with van der Waals surface area (Å²) in [5.74, 6) is 1.81. The SMILES string of the molecule is CC1N=C2C=CC=C3NC(=O)C1N32. The number of amides is 1. The molecule has 0 saturated carbocycles. The van der Waals surface area contributed by atoms with Gasteiger partial charge in [0.25, 0.3) is 5.91 Å². The maximum Gasteiger partial charge on any atom is 0.250 e. The highest BCUT2D eigenvalue weighted by atomic mass is 16.2. The van der Waals surface area contributed by atoms with Crippen LogP contribution in [0.2, 0.25) is 0 Å². The largest absolute Gasteiger partial charge is 0.310 e. The van der Waals surface area contributed by atoms with E-state index in [1.54, 1.807) is 0 Å². The predicted octanol–water partition coefficient (Wildman–Crippen LogP) is -0.00140. The summed E-state index contributed by atoms with van der Waals surface area (Å²) in [6, 6.07) is -0.0603. The maximum atomic E-state index is 11.5. The Labute approximate surface area is 75.6 Å². The fraction of sp³-hybridized carbons (Fsp3) is 0.333. The molecule has 2 atom stereocenters. The molecular weight excluding hydrogens is 166 g/mol. The molecule has 0 aromatic rings. The fourth-order valence-corrected chi connectivity index (χ4v) is 2.04. The number of carbonyl (C=O) groups is 1. The highest BCUT2D eigenvalue weighted by Gasteiger charge is 2.45. The molecular formula is C9H9N3O. The second-order valence-corrected chi connectivity index (χ2v) is 3.44. The lowest BCUT2D eigenvalue weighted by Gasteiger charge is -2.19. The molecule has 0 aliphatic carbocycles.